The molecule has 0 fully saturated rings. The summed E-state index contributed by atoms with van der Waals surface area (Å²) in [6.07, 6.45) is -4.20. The molecule has 0 radical (unpaired) electrons. The van der Waals surface area contributed by atoms with E-state index in [1.165, 1.54) is 6.07 Å². The average Bonchev–Trinajstić information content (AvgIpc) is 3.10. The highest BCUT2D eigenvalue weighted by molar-refractivity contribution is 7.12. The summed E-state index contributed by atoms with van der Waals surface area (Å²) < 4.78 is 38.5. The highest BCUT2D eigenvalue weighted by Crippen LogP contribution is 2.41. The number of ketones is 1. The second kappa shape index (κ2) is 5.41. The Kier molecular flexibility index (Phi) is 3.63. The molecule has 0 saturated heterocycles. The number of nitrogens with zero attached hydrogens (tertiary/aromatic N) is 2. The van der Waals surface area contributed by atoms with Crippen molar-refractivity contribution in [3.8, 4) is 0 Å². The standard InChI is InChI=1S/C14H8F3N3O3S/c15-14(16,17)6-4-7-10(19-5-6)9(12(22)20(7)13(18)23)11(21)8-2-1-3-24-8/h1-5,9H,(H2,18,23). The molecule has 2 N–H and O–H groups in total. The van der Waals surface area contributed by atoms with E-state index in [0.717, 1.165) is 11.3 Å². The molecule has 1 atom stereocenters. The van der Waals surface area contributed by atoms with Crippen LogP contribution in [0.5, 0.6) is 0 Å². The van der Waals surface area contributed by atoms with Crippen molar-refractivity contribution in [2.75, 3.05) is 4.90 Å². The summed E-state index contributed by atoms with van der Waals surface area (Å²) in [5.74, 6) is -3.15. The minimum absolute atomic E-state index is 0.217. The Hall–Kier alpha value is -2.75. The lowest BCUT2D eigenvalue weighted by Gasteiger charge is -2.13. The van der Waals surface area contributed by atoms with Gasteiger partial charge in [-0.1, -0.05) is 6.07 Å². The number of primary amides is 1. The van der Waals surface area contributed by atoms with Crippen molar-refractivity contribution in [1.29, 1.82) is 0 Å². The van der Waals surface area contributed by atoms with Crippen LogP contribution >= 0.6 is 11.3 Å². The van der Waals surface area contributed by atoms with Crippen LogP contribution in [0.1, 0.15) is 26.8 Å². The van der Waals surface area contributed by atoms with E-state index >= 15 is 0 Å². The van der Waals surface area contributed by atoms with Crippen molar-refractivity contribution in [3.63, 3.8) is 0 Å². The van der Waals surface area contributed by atoms with Crippen LogP contribution in [-0.2, 0) is 11.0 Å². The van der Waals surface area contributed by atoms with E-state index in [-0.39, 0.29) is 10.6 Å². The van der Waals surface area contributed by atoms with Crippen molar-refractivity contribution in [1.82, 2.24) is 4.98 Å². The molecule has 0 saturated carbocycles. The lowest BCUT2D eigenvalue weighted by molar-refractivity contribution is -0.137. The van der Waals surface area contributed by atoms with Gasteiger partial charge in [-0.05, 0) is 17.5 Å². The van der Waals surface area contributed by atoms with Crippen LogP contribution in [0, 0.1) is 0 Å². The lowest BCUT2D eigenvalue weighted by Crippen LogP contribution is -2.40. The maximum absolute atomic E-state index is 12.8. The third-order valence-electron chi connectivity index (χ3n) is 3.45. The quantitative estimate of drug-likeness (QED) is 0.662. The highest BCUT2D eigenvalue weighted by Gasteiger charge is 2.47. The van der Waals surface area contributed by atoms with Crippen molar-refractivity contribution in [2.24, 2.45) is 5.73 Å². The van der Waals surface area contributed by atoms with Crippen LogP contribution in [0.2, 0.25) is 0 Å². The van der Waals surface area contributed by atoms with E-state index in [2.05, 4.69) is 4.98 Å². The number of rotatable bonds is 2. The second-order valence-corrected chi connectivity index (χ2v) is 5.86. The van der Waals surface area contributed by atoms with E-state index in [0.29, 0.717) is 17.2 Å². The Balaban J connectivity index is 2.14. The molecule has 1 aliphatic heterocycles. The molecule has 3 rings (SSSR count). The molecule has 3 amide bonds. The molecule has 24 heavy (non-hydrogen) atoms. The van der Waals surface area contributed by atoms with Crippen LogP contribution in [-0.4, -0.2) is 22.7 Å². The first kappa shape index (κ1) is 16.1. The summed E-state index contributed by atoms with van der Waals surface area (Å²) in [6, 6.07) is 2.37. The number of thiophene rings is 1. The number of hydrogen-bond donors (Lipinski definition) is 1. The van der Waals surface area contributed by atoms with Gasteiger partial charge in [-0.2, -0.15) is 13.2 Å². The molecule has 1 unspecified atom stereocenters. The largest absolute Gasteiger partial charge is 0.417 e. The summed E-state index contributed by atoms with van der Waals surface area (Å²) >= 11 is 1.07. The number of alkyl halides is 3. The fourth-order valence-electron chi connectivity index (χ4n) is 2.41. The number of imide groups is 1. The Morgan fingerprint density at radius 1 is 1.33 bits per heavy atom. The average molecular weight is 355 g/mol. The van der Waals surface area contributed by atoms with Crippen molar-refractivity contribution in [3.05, 3.63) is 45.9 Å². The zero-order valence-corrected chi connectivity index (χ0v) is 12.5. The van der Waals surface area contributed by atoms with Gasteiger partial charge in [-0.15, -0.1) is 11.3 Å². The Labute approximate surface area is 136 Å². The van der Waals surface area contributed by atoms with Crippen molar-refractivity contribution < 1.29 is 27.6 Å². The molecule has 0 bridgehead atoms. The van der Waals surface area contributed by atoms with E-state index in [4.69, 9.17) is 5.73 Å². The molecule has 0 aliphatic carbocycles. The second-order valence-electron chi connectivity index (χ2n) is 4.91. The maximum atomic E-state index is 12.8. The smallest absolute Gasteiger partial charge is 0.351 e. The Morgan fingerprint density at radius 2 is 2.04 bits per heavy atom. The van der Waals surface area contributed by atoms with E-state index in [1.807, 2.05) is 0 Å². The normalized spacial score (nSPS) is 17.0. The van der Waals surface area contributed by atoms with Crippen LogP contribution < -0.4 is 10.6 Å². The molecule has 1 aliphatic rings. The number of hydrogen-bond acceptors (Lipinski definition) is 5. The first-order valence-corrected chi connectivity index (χ1v) is 7.38. The maximum Gasteiger partial charge on any atom is 0.417 e. The number of aromatic nitrogens is 1. The molecule has 2 aromatic rings. The summed E-state index contributed by atoms with van der Waals surface area (Å²) in [5.41, 5.74) is 3.31. The van der Waals surface area contributed by atoms with Gasteiger partial charge in [0.2, 0.25) is 0 Å². The predicted octanol–water partition coefficient (Wildman–Crippen LogP) is 2.55. The molecule has 2 aromatic heterocycles. The number of carbonyl (C=O) groups excluding carboxylic acids is 3. The SMILES string of the molecule is NC(=O)N1C(=O)C(C(=O)c2cccs2)c2ncc(C(F)(F)F)cc21. The number of carbonyl (C=O) groups is 3. The molecule has 0 aromatic carbocycles. The molecule has 6 nitrogen and oxygen atoms in total. The number of halogens is 3. The van der Waals surface area contributed by atoms with Gasteiger partial charge in [0.1, 0.15) is 5.92 Å². The Bertz CT molecular complexity index is 849. The van der Waals surface area contributed by atoms with E-state index < -0.39 is 41.1 Å². The van der Waals surface area contributed by atoms with Gasteiger partial charge in [-0.3, -0.25) is 14.6 Å². The first-order chi connectivity index (χ1) is 11.2. The summed E-state index contributed by atoms with van der Waals surface area (Å²) in [5, 5.41) is 1.61. The molecule has 10 heteroatoms. The van der Waals surface area contributed by atoms with Gasteiger partial charge in [0.15, 0.2) is 5.78 Å². The van der Waals surface area contributed by atoms with Gasteiger partial charge in [0.05, 0.1) is 21.8 Å². The van der Waals surface area contributed by atoms with Crippen molar-refractivity contribution >= 4 is 34.7 Å². The van der Waals surface area contributed by atoms with Gasteiger partial charge >= 0.3 is 12.2 Å². The number of Topliss-reactive ketones (excluding diaryl/α,β-unsaturated/α-hetero) is 1. The number of amides is 3. The van der Waals surface area contributed by atoms with E-state index in [1.54, 1.807) is 11.4 Å². The van der Waals surface area contributed by atoms with Crippen LogP contribution in [0.25, 0.3) is 0 Å². The monoisotopic (exact) mass is 355 g/mol. The zero-order valence-electron chi connectivity index (χ0n) is 11.7. The van der Waals surface area contributed by atoms with Crippen molar-refractivity contribution in [2.45, 2.75) is 12.1 Å². The molecule has 3 heterocycles. The van der Waals surface area contributed by atoms with E-state index in [9.17, 15) is 27.6 Å². The minimum Gasteiger partial charge on any atom is -0.351 e. The fourth-order valence-corrected chi connectivity index (χ4v) is 3.10. The zero-order chi connectivity index (χ0) is 17.6. The number of urea groups is 1. The van der Waals surface area contributed by atoms with Gasteiger partial charge in [-0.25, -0.2) is 9.69 Å². The summed E-state index contributed by atoms with van der Waals surface area (Å²) in [6.45, 7) is 0. The number of anilines is 1. The van der Waals surface area contributed by atoms with Gasteiger partial charge in [0, 0.05) is 6.20 Å². The summed E-state index contributed by atoms with van der Waals surface area (Å²) in [4.78, 5) is 40.6. The fraction of sp³-hybridized carbons (Fsp3) is 0.143. The predicted molar refractivity (Wildman–Crippen MR) is 77.7 cm³/mol. The number of fused-ring (bicyclic) bond motifs is 1. The lowest BCUT2D eigenvalue weighted by atomic mass is 9.99. The Morgan fingerprint density at radius 3 is 2.58 bits per heavy atom. The van der Waals surface area contributed by atoms with Crippen LogP contribution in [0.15, 0.2) is 29.8 Å². The third-order valence-corrected chi connectivity index (χ3v) is 4.34. The molecular formula is C14H8F3N3O3S. The topological polar surface area (TPSA) is 93.4 Å². The van der Waals surface area contributed by atoms with Gasteiger partial charge in [0.25, 0.3) is 5.91 Å². The first-order valence-electron chi connectivity index (χ1n) is 6.50. The minimum atomic E-state index is -4.72. The molecule has 124 valence electrons. The number of nitrogens with two attached hydrogens (primary N) is 1. The third kappa shape index (κ3) is 2.44. The van der Waals surface area contributed by atoms with Crippen LogP contribution in [0.3, 0.4) is 0 Å². The highest BCUT2D eigenvalue weighted by atomic mass is 32.1. The molecule has 0 spiro atoms. The summed E-state index contributed by atoms with van der Waals surface area (Å²) in [7, 11) is 0. The van der Waals surface area contributed by atoms with Gasteiger partial charge < -0.3 is 5.73 Å². The number of pyridine rings is 1. The van der Waals surface area contributed by atoms with Crippen LogP contribution in [0.4, 0.5) is 23.7 Å². The molecular weight excluding hydrogens is 347 g/mol.